The number of hydrogen-bond donors (Lipinski definition) is 1. The number of piperidine rings is 1. The molecule has 3 rings (SSSR count). The van der Waals surface area contributed by atoms with Crippen LogP contribution in [0.5, 0.6) is 0 Å². The van der Waals surface area contributed by atoms with Crippen molar-refractivity contribution >= 4 is 5.91 Å². The molecule has 7 heteroatoms. The quantitative estimate of drug-likeness (QED) is 0.915. The molecule has 1 fully saturated rings. The van der Waals surface area contributed by atoms with Crippen LogP contribution in [0.25, 0.3) is 11.6 Å². The van der Waals surface area contributed by atoms with Crippen molar-refractivity contribution in [3.63, 3.8) is 0 Å². The number of likely N-dealkylation sites (tertiary alicyclic amines) is 1. The maximum atomic E-state index is 12.6. The molecule has 132 valence electrons. The molecule has 1 saturated heterocycles. The lowest BCUT2D eigenvalue weighted by Crippen LogP contribution is -2.43. The van der Waals surface area contributed by atoms with Crippen LogP contribution >= 0.6 is 0 Å². The number of carbonyl (C=O) groups is 1. The first kappa shape index (κ1) is 17.3. The first-order valence-corrected chi connectivity index (χ1v) is 8.59. The van der Waals surface area contributed by atoms with Gasteiger partial charge < -0.3 is 9.88 Å². The minimum absolute atomic E-state index is 0.0162. The van der Waals surface area contributed by atoms with Crippen LogP contribution in [0, 0.1) is 18.8 Å². The Morgan fingerprint density at radius 2 is 1.88 bits per heavy atom. The van der Waals surface area contributed by atoms with E-state index in [1.54, 1.807) is 25.4 Å². The minimum Gasteiger partial charge on any atom is -0.342 e. The van der Waals surface area contributed by atoms with E-state index in [2.05, 4.69) is 33.8 Å². The molecule has 0 bridgehead atoms. The summed E-state index contributed by atoms with van der Waals surface area (Å²) in [7, 11) is 0. The molecule has 1 aliphatic rings. The molecule has 1 amide bonds. The fourth-order valence-electron chi connectivity index (χ4n) is 3.48. The van der Waals surface area contributed by atoms with Crippen LogP contribution in [0.1, 0.15) is 31.5 Å². The van der Waals surface area contributed by atoms with E-state index in [0.717, 1.165) is 19.5 Å². The van der Waals surface area contributed by atoms with E-state index in [0.29, 0.717) is 34.7 Å². The topological polar surface area (TPSA) is 91.8 Å². The third-order valence-electron chi connectivity index (χ3n) is 4.55. The number of aromatic amines is 1. The summed E-state index contributed by atoms with van der Waals surface area (Å²) in [6.45, 7) is 7.56. The SMILES string of the molecule is Cc1nc(-c2ncccn2)[nH]c(=O)c1CC(=O)N1C[C@H](C)C[C@@H](C)C1. The van der Waals surface area contributed by atoms with E-state index < -0.39 is 0 Å². The van der Waals surface area contributed by atoms with Crippen molar-refractivity contribution in [1.29, 1.82) is 0 Å². The van der Waals surface area contributed by atoms with Crippen LogP contribution in [0.3, 0.4) is 0 Å². The van der Waals surface area contributed by atoms with E-state index in [-0.39, 0.29) is 17.9 Å². The van der Waals surface area contributed by atoms with Crippen LogP contribution < -0.4 is 5.56 Å². The van der Waals surface area contributed by atoms with Gasteiger partial charge in [-0.05, 0) is 31.2 Å². The van der Waals surface area contributed by atoms with Crippen molar-refractivity contribution in [3.8, 4) is 11.6 Å². The fraction of sp³-hybridized carbons (Fsp3) is 0.500. The van der Waals surface area contributed by atoms with Gasteiger partial charge in [0, 0.05) is 36.7 Å². The Morgan fingerprint density at radius 1 is 1.24 bits per heavy atom. The average Bonchev–Trinajstić information content (AvgIpc) is 2.57. The second-order valence-corrected chi connectivity index (χ2v) is 6.97. The number of rotatable bonds is 3. The standard InChI is InChI=1S/C18H23N5O2/c1-11-7-12(2)10-23(9-11)15(24)8-14-13(3)21-17(22-18(14)25)16-19-5-4-6-20-16/h4-6,11-12H,7-10H2,1-3H3,(H,21,22,25)/t11-,12-/m1/s1. The highest BCUT2D eigenvalue weighted by atomic mass is 16.2. The molecule has 2 aromatic heterocycles. The summed E-state index contributed by atoms with van der Waals surface area (Å²) in [5.41, 5.74) is 0.648. The van der Waals surface area contributed by atoms with Crippen LogP contribution in [-0.2, 0) is 11.2 Å². The summed E-state index contributed by atoms with van der Waals surface area (Å²) >= 11 is 0. The van der Waals surface area contributed by atoms with Gasteiger partial charge in [-0.15, -0.1) is 0 Å². The second kappa shape index (κ2) is 7.13. The van der Waals surface area contributed by atoms with Gasteiger partial charge in [0.15, 0.2) is 11.6 Å². The van der Waals surface area contributed by atoms with Crippen LogP contribution in [0.4, 0.5) is 0 Å². The number of nitrogens with one attached hydrogen (secondary N) is 1. The number of amides is 1. The Kier molecular flexibility index (Phi) is 4.92. The Morgan fingerprint density at radius 3 is 2.48 bits per heavy atom. The van der Waals surface area contributed by atoms with Crippen molar-refractivity contribution in [1.82, 2.24) is 24.8 Å². The molecule has 0 radical (unpaired) electrons. The molecule has 0 unspecified atom stereocenters. The van der Waals surface area contributed by atoms with Gasteiger partial charge in [0.1, 0.15) is 0 Å². The summed E-state index contributed by atoms with van der Waals surface area (Å²) in [6, 6.07) is 1.70. The number of aryl methyl sites for hydroxylation is 1. The Hall–Kier alpha value is -2.57. The monoisotopic (exact) mass is 341 g/mol. The number of hydrogen-bond acceptors (Lipinski definition) is 5. The molecular weight excluding hydrogens is 318 g/mol. The van der Waals surface area contributed by atoms with E-state index >= 15 is 0 Å². The van der Waals surface area contributed by atoms with Gasteiger partial charge in [-0.1, -0.05) is 13.8 Å². The van der Waals surface area contributed by atoms with Crippen molar-refractivity contribution < 1.29 is 4.79 Å². The highest BCUT2D eigenvalue weighted by molar-refractivity contribution is 5.79. The number of carbonyl (C=O) groups excluding carboxylic acids is 1. The van der Waals surface area contributed by atoms with Crippen molar-refractivity contribution in [2.24, 2.45) is 11.8 Å². The Labute approximate surface area is 146 Å². The maximum absolute atomic E-state index is 12.6. The average molecular weight is 341 g/mol. The molecule has 3 heterocycles. The van der Waals surface area contributed by atoms with Gasteiger partial charge in [-0.25, -0.2) is 15.0 Å². The van der Waals surface area contributed by atoms with Gasteiger partial charge >= 0.3 is 0 Å². The van der Waals surface area contributed by atoms with Crippen LogP contribution in [-0.4, -0.2) is 43.8 Å². The normalized spacial score (nSPS) is 20.5. The van der Waals surface area contributed by atoms with Gasteiger partial charge in [0.2, 0.25) is 5.91 Å². The van der Waals surface area contributed by atoms with E-state index in [1.807, 2.05) is 4.90 Å². The molecule has 1 N–H and O–H groups in total. The molecule has 2 aromatic rings. The lowest BCUT2D eigenvalue weighted by molar-refractivity contribution is -0.133. The summed E-state index contributed by atoms with van der Waals surface area (Å²) in [5, 5.41) is 0. The summed E-state index contributed by atoms with van der Waals surface area (Å²) < 4.78 is 0. The zero-order chi connectivity index (χ0) is 18.0. The zero-order valence-electron chi connectivity index (χ0n) is 14.8. The Bertz CT molecular complexity index is 808. The first-order valence-electron chi connectivity index (χ1n) is 8.59. The fourth-order valence-corrected chi connectivity index (χ4v) is 3.48. The number of nitrogens with zero attached hydrogens (tertiary/aromatic N) is 4. The maximum Gasteiger partial charge on any atom is 0.255 e. The van der Waals surface area contributed by atoms with Gasteiger partial charge in [-0.3, -0.25) is 9.59 Å². The van der Waals surface area contributed by atoms with E-state index in [4.69, 9.17) is 0 Å². The highest BCUT2D eigenvalue weighted by Gasteiger charge is 2.26. The largest absolute Gasteiger partial charge is 0.342 e. The van der Waals surface area contributed by atoms with Crippen LogP contribution in [0.2, 0.25) is 0 Å². The predicted molar refractivity (Wildman–Crippen MR) is 93.8 cm³/mol. The molecule has 0 saturated carbocycles. The molecule has 0 spiro atoms. The molecule has 2 atom stereocenters. The molecule has 7 nitrogen and oxygen atoms in total. The van der Waals surface area contributed by atoms with Gasteiger partial charge in [-0.2, -0.15) is 0 Å². The zero-order valence-corrected chi connectivity index (χ0v) is 14.8. The lowest BCUT2D eigenvalue weighted by atomic mass is 9.91. The molecule has 25 heavy (non-hydrogen) atoms. The summed E-state index contributed by atoms with van der Waals surface area (Å²) in [5.74, 6) is 1.64. The second-order valence-electron chi connectivity index (χ2n) is 6.97. The van der Waals surface area contributed by atoms with Crippen molar-refractivity contribution in [2.45, 2.75) is 33.6 Å². The van der Waals surface area contributed by atoms with Crippen molar-refractivity contribution in [2.75, 3.05) is 13.1 Å². The smallest absolute Gasteiger partial charge is 0.255 e. The summed E-state index contributed by atoms with van der Waals surface area (Å²) in [6.07, 6.45) is 4.39. The van der Waals surface area contributed by atoms with E-state index in [1.165, 1.54) is 0 Å². The third kappa shape index (κ3) is 3.92. The number of aromatic nitrogens is 4. The first-order chi connectivity index (χ1) is 11.9. The minimum atomic E-state index is -0.304. The molecule has 1 aliphatic heterocycles. The Balaban J connectivity index is 1.81. The molecule has 0 aliphatic carbocycles. The third-order valence-corrected chi connectivity index (χ3v) is 4.55. The van der Waals surface area contributed by atoms with Crippen molar-refractivity contribution in [3.05, 3.63) is 40.1 Å². The molecule has 0 aromatic carbocycles. The van der Waals surface area contributed by atoms with E-state index in [9.17, 15) is 9.59 Å². The highest BCUT2D eigenvalue weighted by Crippen LogP contribution is 2.21. The summed E-state index contributed by atoms with van der Waals surface area (Å²) in [4.78, 5) is 42.2. The van der Waals surface area contributed by atoms with Gasteiger partial charge in [0.25, 0.3) is 5.56 Å². The van der Waals surface area contributed by atoms with Gasteiger partial charge in [0.05, 0.1) is 6.42 Å². The molecular formula is C18H23N5O2. The van der Waals surface area contributed by atoms with Crippen LogP contribution in [0.15, 0.2) is 23.3 Å². The predicted octanol–water partition coefficient (Wildman–Crippen LogP) is 1.58. The number of H-pyrrole nitrogens is 1. The lowest BCUT2D eigenvalue weighted by Gasteiger charge is -2.35.